The van der Waals surface area contributed by atoms with Gasteiger partial charge in [-0.05, 0) is 50.3 Å². The Hall–Kier alpha value is -2.45. The number of aryl methyl sites for hydroxylation is 4. The van der Waals surface area contributed by atoms with Crippen LogP contribution in [0.4, 0.5) is 0 Å². The Balaban J connectivity index is 1.64. The molecule has 1 aliphatic rings. The molecule has 0 spiro atoms. The van der Waals surface area contributed by atoms with Crippen molar-refractivity contribution >= 4 is 33.3 Å². The first-order chi connectivity index (χ1) is 14.6. The van der Waals surface area contributed by atoms with Gasteiger partial charge in [0.1, 0.15) is 4.83 Å². The minimum absolute atomic E-state index is 0.0190. The summed E-state index contributed by atoms with van der Waals surface area (Å²) in [5.74, 6) is 1.64. The molecule has 3 aromatic heterocycles. The van der Waals surface area contributed by atoms with Gasteiger partial charge < -0.3 is 4.42 Å². The third-order valence-electron chi connectivity index (χ3n) is 5.39. The molecule has 0 saturated carbocycles. The summed E-state index contributed by atoms with van der Waals surface area (Å²) in [6, 6.07) is 8.01. The highest BCUT2D eigenvalue weighted by Crippen LogP contribution is 2.35. The topological polar surface area (TPSA) is 73.8 Å². The molecule has 1 aliphatic carbocycles. The van der Waals surface area contributed by atoms with Crippen molar-refractivity contribution in [2.24, 2.45) is 0 Å². The predicted molar refractivity (Wildman–Crippen MR) is 120 cm³/mol. The van der Waals surface area contributed by atoms with Crippen LogP contribution in [0, 0.1) is 6.92 Å². The number of hydrogen-bond acceptors (Lipinski definition) is 7. The van der Waals surface area contributed by atoms with Gasteiger partial charge in [0, 0.05) is 11.3 Å². The summed E-state index contributed by atoms with van der Waals surface area (Å²) < 4.78 is 7.39. The second kappa shape index (κ2) is 8.00. The first-order valence-electron chi connectivity index (χ1n) is 10.2. The molecule has 0 aliphatic heterocycles. The number of rotatable bonds is 5. The van der Waals surface area contributed by atoms with Gasteiger partial charge in [-0.2, -0.15) is 0 Å². The van der Waals surface area contributed by atoms with Gasteiger partial charge in [0.05, 0.1) is 16.8 Å². The summed E-state index contributed by atoms with van der Waals surface area (Å²) in [5, 5.41) is 9.59. The Bertz CT molecular complexity index is 1270. The molecule has 0 unspecified atom stereocenters. The van der Waals surface area contributed by atoms with Crippen molar-refractivity contribution in [1.29, 1.82) is 0 Å². The molecule has 8 heteroatoms. The number of fused-ring (bicyclic) bond motifs is 3. The largest absolute Gasteiger partial charge is 0.424 e. The molecule has 4 aromatic rings. The number of thioether (sulfide) groups is 1. The Morgan fingerprint density at radius 3 is 2.67 bits per heavy atom. The van der Waals surface area contributed by atoms with E-state index >= 15 is 0 Å². The number of aromatic nitrogens is 4. The van der Waals surface area contributed by atoms with Crippen LogP contribution in [0.1, 0.15) is 47.6 Å². The highest BCUT2D eigenvalue weighted by atomic mass is 32.2. The zero-order valence-electron chi connectivity index (χ0n) is 17.0. The Morgan fingerprint density at radius 1 is 1.13 bits per heavy atom. The molecule has 0 saturated heterocycles. The third-order valence-corrected chi connectivity index (χ3v) is 7.50. The second-order valence-electron chi connectivity index (χ2n) is 7.49. The average Bonchev–Trinajstić information content (AvgIpc) is 3.37. The molecular weight excluding hydrogens is 416 g/mol. The molecule has 6 nitrogen and oxygen atoms in total. The Morgan fingerprint density at radius 2 is 1.90 bits per heavy atom. The fourth-order valence-electron chi connectivity index (χ4n) is 3.82. The van der Waals surface area contributed by atoms with Gasteiger partial charge >= 0.3 is 0 Å². The van der Waals surface area contributed by atoms with E-state index in [0.717, 1.165) is 40.7 Å². The molecule has 0 amide bonds. The van der Waals surface area contributed by atoms with Gasteiger partial charge in [-0.25, -0.2) is 4.98 Å². The van der Waals surface area contributed by atoms with Crippen LogP contribution >= 0.6 is 23.1 Å². The van der Waals surface area contributed by atoms with Crippen molar-refractivity contribution < 1.29 is 4.42 Å². The van der Waals surface area contributed by atoms with Crippen molar-refractivity contribution in [3.63, 3.8) is 0 Å². The van der Waals surface area contributed by atoms with Crippen LogP contribution in [-0.4, -0.2) is 19.7 Å². The molecule has 5 rings (SSSR count). The van der Waals surface area contributed by atoms with Crippen LogP contribution in [0.2, 0.25) is 0 Å². The van der Waals surface area contributed by atoms with Crippen LogP contribution in [0.15, 0.2) is 38.6 Å². The molecule has 154 valence electrons. The van der Waals surface area contributed by atoms with Gasteiger partial charge in [0.25, 0.3) is 5.56 Å². The zero-order valence-corrected chi connectivity index (χ0v) is 18.6. The molecule has 0 fully saturated rings. The maximum absolute atomic E-state index is 13.7. The fraction of sp³-hybridized carbons (Fsp3) is 0.364. The first kappa shape index (κ1) is 19.5. The molecule has 0 N–H and O–H groups in total. The predicted octanol–water partition coefficient (Wildman–Crippen LogP) is 4.87. The van der Waals surface area contributed by atoms with E-state index in [1.165, 1.54) is 28.6 Å². The quantitative estimate of drug-likeness (QED) is 0.327. The first-order valence-corrected chi connectivity index (χ1v) is 12.0. The van der Waals surface area contributed by atoms with Crippen molar-refractivity contribution in [2.75, 3.05) is 0 Å². The van der Waals surface area contributed by atoms with E-state index in [1.54, 1.807) is 15.9 Å². The average molecular weight is 439 g/mol. The monoisotopic (exact) mass is 438 g/mol. The highest BCUT2D eigenvalue weighted by molar-refractivity contribution is 7.98. The second-order valence-corrected chi connectivity index (χ2v) is 9.52. The summed E-state index contributed by atoms with van der Waals surface area (Å²) >= 11 is 3.13. The number of benzene rings is 1. The fourth-order valence-corrected chi connectivity index (χ4v) is 5.97. The van der Waals surface area contributed by atoms with E-state index in [0.29, 0.717) is 29.1 Å². The smallest absolute Gasteiger partial charge is 0.267 e. The molecule has 0 atom stereocenters. The number of nitrogens with zero attached hydrogens (tertiary/aromatic N) is 4. The minimum atomic E-state index is 0.0190. The van der Waals surface area contributed by atoms with Crippen molar-refractivity contribution in [1.82, 2.24) is 19.7 Å². The summed E-state index contributed by atoms with van der Waals surface area (Å²) in [6.07, 6.45) is 5.04. The number of hydrogen-bond donors (Lipinski definition) is 0. The van der Waals surface area contributed by atoms with E-state index in [4.69, 9.17) is 9.40 Å². The normalized spacial score (nSPS) is 13.7. The van der Waals surface area contributed by atoms with Gasteiger partial charge in [0.2, 0.25) is 11.8 Å². The summed E-state index contributed by atoms with van der Waals surface area (Å²) in [7, 11) is 0. The van der Waals surface area contributed by atoms with E-state index in [1.807, 2.05) is 38.1 Å². The van der Waals surface area contributed by atoms with Gasteiger partial charge in [-0.3, -0.25) is 9.36 Å². The number of thiophene rings is 1. The minimum Gasteiger partial charge on any atom is -0.424 e. The lowest BCUT2D eigenvalue weighted by Gasteiger charge is -2.13. The van der Waals surface area contributed by atoms with Crippen molar-refractivity contribution in [3.8, 4) is 5.69 Å². The van der Waals surface area contributed by atoms with E-state index < -0.39 is 0 Å². The van der Waals surface area contributed by atoms with Gasteiger partial charge in [-0.1, -0.05) is 36.4 Å². The van der Waals surface area contributed by atoms with Crippen LogP contribution < -0.4 is 5.56 Å². The van der Waals surface area contributed by atoms with E-state index in [-0.39, 0.29) is 5.56 Å². The molecular formula is C22H22N4O2S2. The summed E-state index contributed by atoms with van der Waals surface area (Å²) in [5.41, 5.74) is 3.21. The summed E-state index contributed by atoms with van der Waals surface area (Å²) in [6.45, 7) is 4.02. The third kappa shape index (κ3) is 3.48. The molecule has 3 heterocycles. The van der Waals surface area contributed by atoms with Crippen molar-refractivity contribution in [2.45, 2.75) is 56.9 Å². The molecule has 0 radical (unpaired) electrons. The van der Waals surface area contributed by atoms with E-state index in [9.17, 15) is 4.79 Å². The van der Waals surface area contributed by atoms with Crippen LogP contribution in [0.25, 0.3) is 15.9 Å². The lowest BCUT2D eigenvalue weighted by molar-refractivity contribution is 0.469. The highest BCUT2D eigenvalue weighted by Gasteiger charge is 2.23. The van der Waals surface area contributed by atoms with E-state index in [2.05, 4.69) is 10.2 Å². The lowest BCUT2D eigenvalue weighted by Crippen LogP contribution is -2.22. The maximum atomic E-state index is 13.7. The summed E-state index contributed by atoms with van der Waals surface area (Å²) in [4.78, 5) is 20.8. The lowest BCUT2D eigenvalue weighted by atomic mass is 9.97. The van der Waals surface area contributed by atoms with Crippen LogP contribution in [0.5, 0.6) is 0 Å². The SMILES string of the molecule is CCc1nnc(CSc2nc3sc4c(c3c(=O)n2-c2ccc(C)cc2)CCCC4)o1. The Labute approximate surface area is 182 Å². The molecule has 1 aromatic carbocycles. The van der Waals surface area contributed by atoms with Crippen molar-refractivity contribution in [3.05, 3.63) is 62.4 Å². The Kier molecular flexibility index (Phi) is 5.20. The van der Waals surface area contributed by atoms with Crippen LogP contribution in [-0.2, 0) is 25.0 Å². The van der Waals surface area contributed by atoms with Gasteiger partial charge in [0.15, 0.2) is 5.16 Å². The molecule has 30 heavy (non-hydrogen) atoms. The maximum Gasteiger partial charge on any atom is 0.267 e. The standard InChI is InChI=1S/C22H22N4O2S2/c1-3-17-24-25-18(28-17)12-29-22-23-20-19(15-6-4-5-7-16(15)30-20)21(27)26(22)14-10-8-13(2)9-11-14/h8-11H,3-7,12H2,1-2H3. The molecule has 0 bridgehead atoms. The van der Waals surface area contributed by atoms with Gasteiger partial charge in [-0.15, -0.1) is 21.5 Å². The van der Waals surface area contributed by atoms with Crippen LogP contribution in [0.3, 0.4) is 0 Å². The zero-order chi connectivity index (χ0) is 20.7.